The van der Waals surface area contributed by atoms with Crippen LogP contribution in [0.25, 0.3) is 0 Å². The highest BCUT2D eigenvalue weighted by molar-refractivity contribution is 9.09. The highest BCUT2D eigenvalue weighted by Gasteiger charge is 1.78. The summed E-state index contributed by atoms with van der Waals surface area (Å²) in [5.74, 6) is 0. The fourth-order valence-electron chi connectivity index (χ4n) is 0. The van der Waals surface area contributed by atoms with Crippen LogP contribution >= 0.6 is 15.9 Å². The predicted molar refractivity (Wildman–Crippen MR) is 25.1 cm³/mol. The lowest BCUT2D eigenvalue weighted by Crippen LogP contribution is -1.82. The van der Waals surface area contributed by atoms with Crippen molar-refractivity contribution < 1.29 is 5.11 Å². The van der Waals surface area contributed by atoms with Crippen LogP contribution in [-0.2, 0) is 0 Å². The van der Waals surface area contributed by atoms with Gasteiger partial charge in [-0.3, -0.25) is 0 Å². The molecule has 0 aliphatic heterocycles. The third-order valence-corrected chi connectivity index (χ3v) is 0.568. The Labute approximate surface area is 39.4 Å². The van der Waals surface area contributed by atoms with Gasteiger partial charge in [-0.25, -0.2) is 0 Å². The largest absolute Gasteiger partial charge is 0.378 e. The van der Waals surface area contributed by atoms with Gasteiger partial charge in [0.25, 0.3) is 0 Å². The molecular formula is C3H5BrO. The van der Waals surface area contributed by atoms with Gasteiger partial charge in [-0.15, -0.1) is 0 Å². The third-order valence-electron chi connectivity index (χ3n) is 0.194. The zero-order valence-corrected chi connectivity index (χ0v) is 4.27. The molecule has 0 rings (SSSR count). The normalized spacial score (nSPS) is 14.0. The first kappa shape index (κ1) is 5.18. The molecule has 0 fully saturated rings. The topological polar surface area (TPSA) is 20.2 Å². The molecule has 0 bridgehead atoms. The molecule has 0 aromatic heterocycles. The van der Waals surface area contributed by atoms with E-state index in [2.05, 4.69) is 22.5 Å². The van der Waals surface area contributed by atoms with E-state index in [-0.39, 0.29) is 0 Å². The number of aliphatic hydroxyl groups excluding tert-OH is 1. The van der Waals surface area contributed by atoms with Gasteiger partial charge in [0.1, 0.15) is 5.01 Å². The molecule has 1 atom stereocenters. The maximum absolute atomic E-state index is 8.16. The number of aliphatic hydroxyl groups is 1. The Balaban J connectivity index is 2.83. The standard InChI is InChI=1S/C3H5BrO/c1-2-3(4)5/h2-3,5H,1H2/t3-/m1/s1. The van der Waals surface area contributed by atoms with E-state index in [1.807, 2.05) is 0 Å². The van der Waals surface area contributed by atoms with E-state index in [0.717, 1.165) is 0 Å². The maximum atomic E-state index is 8.16. The van der Waals surface area contributed by atoms with E-state index in [0.29, 0.717) is 0 Å². The fourth-order valence-corrected chi connectivity index (χ4v) is 0. The van der Waals surface area contributed by atoms with Crippen molar-refractivity contribution in [3.63, 3.8) is 0 Å². The molecule has 0 heterocycles. The molecule has 30 valence electrons. The Morgan fingerprint density at radius 2 is 2.20 bits per heavy atom. The van der Waals surface area contributed by atoms with Gasteiger partial charge in [-0.1, -0.05) is 28.6 Å². The van der Waals surface area contributed by atoms with Crippen molar-refractivity contribution in [2.45, 2.75) is 5.01 Å². The fraction of sp³-hybridized carbons (Fsp3) is 0.333. The van der Waals surface area contributed by atoms with Crippen LogP contribution in [0.15, 0.2) is 12.7 Å². The Morgan fingerprint density at radius 1 is 2.00 bits per heavy atom. The third kappa shape index (κ3) is 4.18. The molecule has 0 spiro atoms. The van der Waals surface area contributed by atoms with Gasteiger partial charge in [0.05, 0.1) is 0 Å². The predicted octanol–water partition coefficient (Wildman–Crippen LogP) is 0.886. The summed E-state index contributed by atoms with van der Waals surface area (Å²) < 4.78 is 0. The molecule has 0 saturated heterocycles. The molecule has 0 saturated carbocycles. The molecule has 0 unspecified atom stereocenters. The van der Waals surface area contributed by atoms with Crippen molar-refractivity contribution in [2.24, 2.45) is 0 Å². The van der Waals surface area contributed by atoms with Crippen molar-refractivity contribution in [1.82, 2.24) is 0 Å². The summed E-state index contributed by atoms with van der Waals surface area (Å²) in [6.07, 6.45) is 1.39. The minimum absolute atomic E-state index is 0.539. The molecule has 1 nitrogen and oxygen atoms in total. The van der Waals surface area contributed by atoms with Crippen molar-refractivity contribution in [3.8, 4) is 0 Å². The summed E-state index contributed by atoms with van der Waals surface area (Å²) >= 11 is 2.81. The molecule has 5 heavy (non-hydrogen) atoms. The second-order valence-electron chi connectivity index (χ2n) is 0.608. The molecule has 0 aromatic rings. The van der Waals surface area contributed by atoms with E-state index >= 15 is 0 Å². The van der Waals surface area contributed by atoms with Crippen LogP contribution in [0.4, 0.5) is 0 Å². The lowest BCUT2D eigenvalue weighted by molar-refractivity contribution is 0.316. The summed E-state index contributed by atoms with van der Waals surface area (Å²) in [7, 11) is 0. The summed E-state index contributed by atoms with van der Waals surface area (Å²) in [5, 5.41) is 7.62. The smallest absolute Gasteiger partial charge is 0.127 e. The molecule has 0 aliphatic carbocycles. The van der Waals surface area contributed by atoms with Gasteiger partial charge in [0.15, 0.2) is 0 Å². The average molecular weight is 137 g/mol. The lowest BCUT2D eigenvalue weighted by Gasteiger charge is -1.81. The number of rotatable bonds is 1. The van der Waals surface area contributed by atoms with Crippen molar-refractivity contribution >= 4 is 15.9 Å². The van der Waals surface area contributed by atoms with E-state index < -0.39 is 5.01 Å². The van der Waals surface area contributed by atoms with Crippen LogP contribution in [0.5, 0.6) is 0 Å². The van der Waals surface area contributed by atoms with E-state index in [4.69, 9.17) is 5.11 Å². The summed E-state index contributed by atoms with van der Waals surface area (Å²) in [5.41, 5.74) is 0. The quantitative estimate of drug-likeness (QED) is 0.420. The van der Waals surface area contributed by atoms with Gasteiger partial charge in [-0.05, 0) is 0 Å². The van der Waals surface area contributed by atoms with Gasteiger partial charge < -0.3 is 5.11 Å². The number of hydrogen-bond acceptors (Lipinski definition) is 1. The van der Waals surface area contributed by atoms with Gasteiger partial charge in [-0.2, -0.15) is 0 Å². The van der Waals surface area contributed by atoms with Crippen molar-refractivity contribution in [1.29, 1.82) is 0 Å². The first-order chi connectivity index (χ1) is 2.27. The van der Waals surface area contributed by atoms with Crippen molar-refractivity contribution in [3.05, 3.63) is 12.7 Å². The van der Waals surface area contributed by atoms with Crippen LogP contribution in [0, 0.1) is 0 Å². The SMILES string of the molecule is C=C[C@@H](O)Br. The van der Waals surface area contributed by atoms with E-state index in [1.165, 1.54) is 6.08 Å². The van der Waals surface area contributed by atoms with Crippen LogP contribution in [-0.4, -0.2) is 10.1 Å². The zero-order valence-electron chi connectivity index (χ0n) is 2.69. The second-order valence-corrected chi connectivity index (χ2v) is 1.55. The number of halogens is 1. The highest BCUT2D eigenvalue weighted by atomic mass is 79.9. The summed E-state index contributed by atoms with van der Waals surface area (Å²) in [6.45, 7) is 3.26. The minimum Gasteiger partial charge on any atom is -0.378 e. The lowest BCUT2D eigenvalue weighted by atomic mass is 10.7. The second kappa shape index (κ2) is 2.42. The minimum atomic E-state index is -0.539. The molecule has 2 heteroatoms. The van der Waals surface area contributed by atoms with E-state index in [1.54, 1.807) is 0 Å². The van der Waals surface area contributed by atoms with Crippen LogP contribution < -0.4 is 0 Å². The van der Waals surface area contributed by atoms with E-state index in [9.17, 15) is 0 Å². The first-order valence-electron chi connectivity index (χ1n) is 1.22. The van der Waals surface area contributed by atoms with Crippen LogP contribution in [0.3, 0.4) is 0 Å². The van der Waals surface area contributed by atoms with Crippen LogP contribution in [0.2, 0.25) is 0 Å². The monoisotopic (exact) mass is 136 g/mol. The number of alkyl halides is 1. The number of hydrogen-bond donors (Lipinski definition) is 1. The molecule has 0 radical (unpaired) electrons. The Kier molecular flexibility index (Phi) is 2.51. The molecule has 0 aromatic carbocycles. The van der Waals surface area contributed by atoms with Gasteiger partial charge in [0, 0.05) is 0 Å². The summed E-state index contributed by atoms with van der Waals surface area (Å²) in [4.78, 5) is 0. The maximum Gasteiger partial charge on any atom is 0.127 e. The van der Waals surface area contributed by atoms with Gasteiger partial charge >= 0.3 is 0 Å². The molecule has 1 N–H and O–H groups in total. The Bertz CT molecular complexity index is 33.9. The summed E-state index contributed by atoms with van der Waals surface area (Å²) in [6, 6.07) is 0. The highest BCUT2D eigenvalue weighted by Crippen LogP contribution is 1.90. The molecule has 0 amide bonds. The average Bonchev–Trinajstić information content (AvgIpc) is 1.38. The first-order valence-corrected chi connectivity index (χ1v) is 2.13. The van der Waals surface area contributed by atoms with Crippen molar-refractivity contribution in [2.75, 3.05) is 0 Å². The Morgan fingerprint density at radius 3 is 2.20 bits per heavy atom. The van der Waals surface area contributed by atoms with Gasteiger partial charge in [0.2, 0.25) is 0 Å². The Hall–Kier alpha value is 0.180. The molecule has 0 aliphatic rings. The van der Waals surface area contributed by atoms with Crippen LogP contribution in [0.1, 0.15) is 0 Å². The molecular weight excluding hydrogens is 132 g/mol. The zero-order chi connectivity index (χ0) is 4.28.